The van der Waals surface area contributed by atoms with Crippen LogP contribution in [-0.2, 0) is 32.5 Å². The van der Waals surface area contributed by atoms with E-state index in [4.69, 9.17) is 4.74 Å². The highest BCUT2D eigenvalue weighted by Gasteiger charge is 2.29. The smallest absolute Gasteiger partial charge is 0.322 e. The van der Waals surface area contributed by atoms with Gasteiger partial charge in [-0.25, -0.2) is 8.42 Å². The summed E-state index contributed by atoms with van der Waals surface area (Å²) in [5, 5.41) is 9.27. The fourth-order valence-corrected chi connectivity index (χ4v) is 5.36. The maximum atomic E-state index is 12.7. The Hall–Kier alpha value is -3.49. The van der Waals surface area contributed by atoms with Gasteiger partial charge in [0.2, 0.25) is 10.0 Å². The van der Waals surface area contributed by atoms with E-state index in [0.717, 1.165) is 28.0 Å². The molecule has 0 saturated carbocycles. The zero-order chi connectivity index (χ0) is 25.2. The van der Waals surface area contributed by atoms with Gasteiger partial charge in [0.1, 0.15) is 11.8 Å². The number of ketones is 1. The van der Waals surface area contributed by atoms with Crippen molar-refractivity contribution in [1.29, 1.82) is 0 Å². The third-order valence-corrected chi connectivity index (χ3v) is 7.51. The van der Waals surface area contributed by atoms with Gasteiger partial charge in [-0.2, -0.15) is 4.72 Å². The van der Waals surface area contributed by atoms with Crippen molar-refractivity contribution in [2.45, 2.75) is 43.7 Å². The summed E-state index contributed by atoms with van der Waals surface area (Å²) >= 11 is 0. The highest BCUT2D eigenvalue weighted by Crippen LogP contribution is 2.29. The first-order valence-corrected chi connectivity index (χ1v) is 12.8. The minimum Gasteiger partial charge on any atom is -0.482 e. The summed E-state index contributed by atoms with van der Waals surface area (Å²) in [7, 11) is -3.98. The van der Waals surface area contributed by atoms with E-state index in [1.165, 1.54) is 12.1 Å². The van der Waals surface area contributed by atoms with E-state index < -0.39 is 34.1 Å². The third kappa shape index (κ3) is 5.61. The molecular weight excluding hydrogens is 466 g/mol. The van der Waals surface area contributed by atoms with Gasteiger partial charge in [-0.3, -0.25) is 9.59 Å². The molecule has 1 aliphatic rings. The number of carboxylic acid groups (broad SMARTS) is 1. The number of para-hydroxylation sites is 1. The molecule has 0 amide bonds. The van der Waals surface area contributed by atoms with E-state index in [2.05, 4.69) is 4.72 Å². The summed E-state index contributed by atoms with van der Waals surface area (Å²) in [6.45, 7) is 3.28. The first-order valence-electron chi connectivity index (χ1n) is 11.4. The van der Waals surface area contributed by atoms with Crippen molar-refractivity contribution < 1.29 is 27.9 Å². The Morgan fingerprint density at radius 2 is 1.57 bits per heavy atom. The normalized spacial score (nSPS) is 15.9. The number of carbonyl (C=O) groups excluding carboxylic acids is 1. The van der Waals surface area contributed by atoms with Crippen LogP contribution in [0.1, 0.15) is 25.0 Å². The van der Waals surface area contributed by atoms with Crippen LogP contribution in [0.4, 0.5) is 0 Å². The number of hydrogen-bond acceptors (Lipinski definition) is 5. The van der Waals surface area contributed by atoms with E-state index in [0.29, 0.717) is 6.42 Å². The van der Waals surface area contributed by atoms with Crippen LogP contribution in [-0.4, -0.2) is 37.4 Å². The fourth-order valence-electron chi connectivity index (χ4n) is 4.03. The average Bonchev–Trinajstić information content (AvgIpc) is 3.27. The van der Waals surface area contributed by atoms with Gasteiger partial charge < -0.3 is 9.84 Å². The van der Waals surface area contributed by atoms with Gasteiger partial charge in [0.05, 0.1) is 4.90 Å². The molecule has 0 fully saturated rings. The largest absolute Gasteiger partial charge is 0.482 e. The maximum absolute atomic E-state index is 12.7. The highest BCUT2D eigenvalue weighted by molar-refractivity contribution is 7.89. The molecular formula is C27H27NO6S. The number of nitrogens with one attached hydrogen (secondary N) is 1. The summed E-state index contributed by atoms with van der Waals surface area (Å²) in [4.78, 5) is 24.1. The second-order valence-corrected chi connectivity index (χ2v) is 10.7. The molecule has 182 valence electrons. The molecule has 0 radical (unpaired) electrons. The molecule has 7 nitrogen and oxygen atoms in total. The lowest BCUT2D eigenvalue weighted by molar-refractivity contribution is -0.140. The fraction of sp³-hybridized carbons (Fsp3) is 0.259. The Morgan fingerprint density at radius 3 is 2.14 bits per heavy atom. The summed E-state index contributed by atoms with van der Waals surface area (Å²) in [6.07, 6.45) is 0.385. The number of fused-ring (bicyclic) bond motifs is 1. The van der Waals surface area contributed by atoms with E-state index in [1.807, 2.05) is 48.5 Å². The van der Waals surface area contributed by atoms with Crippen molar-refractivity contribution >= 4 is 21.8 Å². The number of ether oxygens (including phenoxy) is 1. The number of aliphatic carboxylic acids is 1. The number of carbonyl (C=O) groups is 2. The molecule has 3 aromatic carbocycles. The van der Waals surface area contributed by atoms with Gasteiger partial charge in [0.15, 0.2) is 11.9 Å². The number of rotatable bonds is 9. The summed E-state index contributed by atoms with van der Waals surface area (Å²) in [5.74, 6) is -0.827. The Balaban J connectivity index is 1.40. The standard InChI is InChI=1S/C27H27NO6S/c1-17(2)26(27(30)31)28-35(32,33)22-13-11-20(12-14-22)19-9-7-18(8-10-19)15-23(29)25-16-21-5-3-4-6-24(21)34-25/h3-14,17,25-26,28H,15-16H2,1-2H3,(H,30,31)/t25?,26-/m1/s1. The first-order chi connectivity index (χ1) is 16.6. The van der Waals surface area contributed by atoms with E-state index in [-0.39, 0.29) is 17.1 Å². The third-order valence-electron chi connectivity index (χ3n) is 6.05. The lowest BCUT2D eigenvalue weighted by atomic mass is 9.99. The molecule has 8 heteroatoms. The molecule has 0 aromatic heterocycles. The molecule has 2 atom stereocenters. The lowest BCUT2D eigenvalue weighted by Gasteiger charge is -2.18. The average molecular weight is 494 g/mol. The van der Waals surface area contributed by atoms with Crippen molar-refractivity contribution in [3.05, 3.63) is 83.9 Å². The Bertz CT molecular complexity index is 1310. The van der Waals surface area contributed by atoms with Gasteiger partial charge in [-0.1, -0.05) is 68.4 Å². The summed E-state index contributed by atoms with van der Waals surface area (Å²) in [5.41, 5.74) is 3.59. The first kappa shape index (κ1) is 24.6. The van der Waals surface area contributed by atoms with Crippen LogP contribution in [0.5, 0.6) is 5.75 Å². The summed E-state index contributed by atoms with van der Waals surface area (Å²) in [6, 6.07) is 20.2. The molecule has 1 aliphatic heterocycles. The zero-order valence-electron chi connectivity index (χ0n) is 19.5. The lowest BCUT2D eigenvalue weighted by Crippen LogP contribution is -2.44. The van der Waals surface area contributed by atoms with Crippen molar-refractivity contribution in [3.63, 3.8) is 0 Å². The van der Waals surface area contributed by atoms with Crippen LogP contribution in [0.15, 0.2) is 77.7 Å². The summed E-state index contributed by atoms with van der Waals surface area (Å²) < 4.78 is 33.3. The topological polar surface area (TPSA) is 110 Å². The quantitative estimate of drug-likeness (QED) is 0.469. The van der Waals surface area contributed by atoms with Crippen LogP contribution in [0.3, 0.4) is 0 Å². The zero-order valence-corrected chi connectivity index (χ0v) is 20.3. The maximum Gasteiger partial charge on any atom is 0.322 e. The van der Waals surface area contributed by atoms with Crippen LogP contribution >= 0.6 is 0 Å². The highest BCUT2D eigenvalue weighted by atomic mass is 32.2. The van der Waals surface area contributed by atoms with Gasteiger partial charge in [-0.05, 0) is 46.4 Å². The minimum absolute atomic E-state index is 0.00655. The van der Waals surface area contributed by atoms with Crippen LogP contribution in [0.2, 0.25) is 0 Å². The molecule has 0 bridgehead atoms. The second-order valence-electron chi connectivity index (χ2n) is 8.96. The second kappa shape index (κ2) is 10.0. The molecule has 4 rings (SSSR count). The Morgan fingerprint density at radius 1 is 0.971 bits per heavy atom. The van der Waals surface area contributed by atoms with Crippen molar-refractivity contribution in [1.82, 2.24) is 4.72 Å². The van der Waals surface area contributed by atoms with Crippen LogP contribution < -0.4 is 9.46 Å². The van der Waals surface area contributed by atoms with Crippen molar-refractivity contribution in [2.75, 3.05) is 0 Å². The molecule has 35 heavy (non-hydrogen) atoms. The molecule has 1 unspecified atom stereocenters. The monoisotopic (exact) mass is 493 g/mol. The number of sulfonamides is 1. The van der Waals surface area contributed by atoms with Crippen LogP contribution in [0.25, 0.3) is 11.1 Å². The van der Waals surface area contributed by atoms with Gasteiger partial charge in [-0.15, -0.1) is 0 Å². The van der Waals surface area contributed by atoms with E-state index in [1.54, 1.807) is 26.0 Å². The molecule has 0 spiro atoms. The number of hydrogen-bond donors (Lipinski definition) is 2. The SMILES string of the molecule is CC(C)[C@@H](NS(=O)(=O)c1ccc(-c2ccc(CC(=O)C3Cc4ccccc4O3)cc2)cc1)C(=O)O. The predicted molar refractivity (Wildman–Crippen MR) is 132 cm³/mol. The number of benzene rings is 3. The van der Waals surface area contributed by atoms with Crippen molar-refractivity contribution in [2.24, 2.45) is 5.92 Å². The number of Topliss-reactive ketones (excluding diaryl/α,β-unsaturated/α-hetero) is 1. The van der Waals surface area contributed by atoms with Crippen LogP contribution in [0, 0.1) is 5.92 Å². The molecule has 0 aliphatic carbocycles. The molecule has 3 aromatic rings. The van der Waals surface area contributed by atoms with E-state index >= 15 is 0 Å². The molecule has 1 heterocycles. The molecule has 0 saturated heterocycles. The Labute approximate surface area is 204 Å². The number of carboxylic acids is 1. The van der Waals surface area contributed by atoms with Gasteiger partial charge in [0, 0.05) is 12.8 Å². The minimum atomic E-state index is -3.98. The van der Waals surface area contributed by atoms with Gasteiger partial charge in [0.25, 0.3) is 0 Å². The Kier molecular flexibility index (Phi) is 7.05. The van der Waals surface area contributed by atoms with E-state index in [9.17, 15) is 23.1 Å². The van der Waals surface area contributed by atoms with Crippen molar-refractivity contribution in [3.8, 4) is 16.9 Å². The molecule has 2 N–H and O–H groups in total. The van der Waals surface area contributed by atoms with Gasteiger partial charge >= 0.3 is 5.97 Å². The predicted octanol–water partition coefficient (Wildman–Crippen LogP) is 3.86.